The van der Waals surface area contributed by atoms with Crippen LogP contribution >= 0.6 is 11.6 Å². The maximum absolute atomic E-state index is 13.1. The minimum absolute atomic E-state index is 0.0646. The van der Waals surface area contributed by atoms with Crippen molar-refractivity contribution in [3.05, 3.63) is 59.1 Å². The van der Waals surface area contributed by atoms with Crippen molar-refractivity contribution in [3.63, 3.8) is 0 Å². The molecule has 0 radical (unpaired) electrons. The Morgan fingerprint density at radius 2 is 2.00 bits per heavy atom. The van der Waals surface area contributed by atoms with E-state index in [4.69, 9.17) is 21.8 Å². The van der Waals surface area contributed by atoms with E-state index >= 15 is 0 Å². The summed E-state index contributed by atoms with van der Waals surface area (Å²) >= 11 is 5.66. The molecule has 0 saturated heterocycles. The van der Waals surface area contributed by atoms with E-state index in [0.717, 1.165) is 5.39 Å². The van der Waals surface area contributed by atoms with Gasteiger partial charge in [0, 0.05) is 16.8 Å². The van der Waals surface area contributed by atoms with Crippen LogP contribution in [0.3, 0.4) is 0 Å². The fraction of sp³-hybridized carbons (Fsp3) is 0. The van der Waals surface area contributed by atoms with E-state index in [2.05, 4.69) is 5.32 Å². The molecule has 3 N–H and O–H groups in total. The number of fused-ring (bicyclic) bond motifs is 1. The van der Waals surface area contributed by atoms with Crippen molar-refractivity contribution < 1.29 is 13.6 Å². The van der Waals surface area contributed by atoms with Gasteiger partial charge in [0.1, 0.15) is 11.4 Å². The average molecular weight is 305 g/mol. The molecular weight excluding hydrogens is 295 g/mol. The summed E-state index contributed by atoms with van der Waals surface area (Å²) in [6.07, 6.45) is 0. The van der Waals surface area contributed by atoms with Crippen molar-refractivity contribution in [2.75, 3.05) is 11.1 Å². The van der Waals surface area contributed by atoms with E-state index in [1.54, 1.807) is 24.3 Å². The number of amides is 1. The van der Waals surface area contributed by atoms with Crippen molar-refractivity contribution >= 4 is 39.9 Å². The van der Waals surface area contributed by atoms with Gasteiger partial charge in [0.25, 0.3) is 5.91 Å². The predicted octanol–water partition coefficient (Wildman–Crippen LogP) is 4.06. The summed E-state index contributed by atoms with van der Waals surface area (Å²) in [6, 6.07) is 10.6. The molecule has 106 valence electrons. The Morgan fingerprint density at radius 1 is 1.19 bits per heavy atom. The Morgan fingerprint density at radius 3 is 2.76 bits per heavy atom. The number of carbonyl (C=O) groups is 1. The molecule has 0 aliphatic heterocycles. The van der Waals surface area contributed by atoms with Crippen molar-refractivity contribution in [1.29, 1.82) is 0 Å². The summed E-state index contributed by atoms with van der Waals surface area (Å²) in [6.45, 7) is 0. The monoisotopic (exact) mass is 304 g/mol. The van der Waals surface area contributed by atoms with Gasteiger partial charge in [0.05, 0.1) is 5.02 Å². The first-order valence-corrected chi connectivity index (χ1v) is 6.46. The first kappa shape index (κ1) is 13.5. The van der Waals surface area contributed by atoms with Gasteiger partial charge in [-0.05, 0) is 42.5 Å². The van der Waals surface area contributed by atoms with E-state index in [0.29, 0.717) is 17.0 Å². The molecule has 0 atom stereocenters. The number of nitrogens with one attached hydrogen (secondary N) is 1. The maximum Gasteiger partial charge on any atom is 0.291 e. The lowest BCUT2D eigenvalue weighted by atomic mass is 10.2. The van der Waals surface area contributed by atoms with Gasteiger partial charge in [0.2, 0.25) is 0 Å². The molecule has 4 nitrogen and oxygen atoms in total. The minimum atomic E-state index is -0.547. The van der Waals surface area contributed by atoms with Crippen molar-refractivity contribution in [1.82, 2.24) is 0 Å². The van der Waals surface area contributed by atoms with Gasteiger partial charge in [-0.15, -0.1) is 0 Å². The highest BCUT2D eigenvalue weighted by atomic mass is 35.5. The number of furan rings is 1. The molecule has 3 rings (SSSR count). The van der Waals surface area contributed by atoms with E-state index in [1.807, 2.05) is 0 Å². The number of anilines is 2. The van der Waals surface area contributed by atoms with Gasteiger partial charge in [0.15, 0.2) is 5.76 Å². The zero-order valence-corrected chi connectivity index (χ0v) is 11.4. The first-order chi connectivity index (χ1) is 10.0. The minimum Gasteiger partial charge on any atom is -0.451 e. The third kappa shape index (κ3) is 2.68. The topological polar surface area (TPSA) is 68.3 Å². The second-order valence-electron chi connectivity index (χ2n) is 4.49. The molecule has 2 aromatic carbocycles. The highest BCUT2D eigenvalue weighted by Crippen LogP contribution is 2.24. The molecule has 3 aromatic rings. The standard InChI is InChI=1S/C15H10ClFN2O2/c16-11-7-10(2-3-12(11)17)19-15(20)14-6-8-5-9(18)1-4-13(8)21-14/h1-7H,18H2,(H,19,20). The number of carbonyl (C=O) groups excluding carboxylic acids is 1. The number of nitrogen functional groups attached to an aromatic ring is 1. The lowest BCUT2D eigenvalue weighted by molar-refractivity contribution is 0.0998. The van der Waals surface area contributed by atoms with Crippen LogP contribution in [0.2, 0.25) is 5.02 Å². The predicted molar refractivity (Wildman–Crippen MR) is 80.0 cm³/mol. The van der Waals surface area contributed by atoms with E-state index in [-0.39, 0.29) is 10.8 Å². The van der Waals surface area contributed by atoms with Gasteiger partial charge < -0.3 is 15.5 Å². The normalized spacial score (nSPS) is 10.8. The van der Waals surface area contributed by atoms with E-state index < -0.39 is 11.7 Å². The second kappa shape index (κ2) is 5.10. The quantitative estimate of drug-likeness (QED) is 0.701. The largest absolute Gasteiger partial charge is 0.451 e. The number of halogens is 2. The fourth-order valence-electron chi connectivity index (χ4n) is 1.94. The third-order valence-corrected chi connectivity index (χ3v) is 3.23. The van der Waals surface area contributed by atoms with Gasteiger partial charge in [-0.3, -0.25) is 4.79 Å². The Kier molecular flexibility index (Phi) is 3.27. The van der Waals surface area contributed by atoms with Crippen LogP contribution in [-0.4, -0.2) is 5.91 Å². The Hall–Kier alpha value is -2.53. The van der Waals surface area contributed by atoms with Crippen LogP contribution in [0.5, 0.6) is 0 Å². The van der Waals surface area contributed by atoms with Crippen LogP contribution in [0.1, 0.15) is 10.6 Å². The zero-order chi connectivity index (χ0) is 15.0. The fourth-order valence-corrected chi connectivity index (χ4v) is 2.12. The summed E-state index contributed by atoms with van der Waals surface area (Å²) < 4.78 is 18.5. The summed E-state index contributed by atoms with van der Waals surface area (Å²) in [5, 5.41) is 3.26. The molecule has 0 bridgehead atoms. The van der Waals surface area contributed by atoms with Crippen LogP contribution in [-0.2, 0) is 0 Å². The Bertz CT molecular complexity index is 845. The van der Waals surface area contributed by atoms with Crippen LogP contribution in [0, 0.1) is 5.82 Å². The van der Waals surface area contributed by atoms with E-state index in [9.17, 15) is 9.18 Å². The molecule has 0 spiro atoms. The highest BCUT2D eigenvalue weighted by Gasteiger charge is 2.13. The molecule has 0 aliphatic rings. The summed E-state index contributed by atoms with van der Waals surface area (Å²) in [5.41, 5.74) is 7.20. The maximum atomic E-state index is 13.1. The molecular formula is C15H10ClFN2O2. The van der Waals surface area contributed by atoms with Gasteiger partial charge in [-0.2, -0.15) is 0 Å². The van der Waals surface area contributed by atoms with Gasteiger partial charge >= 0.3 is 0 Å². The number of hydrogen-bond donors (Lipinski definition) is 2. The van der Waals surface area contributed by atoms with Crippen LogP contribution < -0.4 is 11.1 Å². The van der Waals surface area contributed by atoms with Crippen LogP contribution in [0.15, 0.2) is 46.9 Å². The highest BCUT2D eigenvalue weighted by molar-refractivity contribution is 6.31. The number of benzene rings is 2. The summed E-state index contributed by atoms with van der Waals surface area (Å²) in [4.78, 5) is 12.1. The molecule has 0 unspecified atom stereocenters. The van der Waals surface area contributed by atoms with Gasteiger partial charge in [-0.25, -0.2) is 4.39 Å². The molecule has 0 fully saturated rings. The Labute approximate surface area is 124 Å². The van der Waals surface area contributed by atoms with Crippen LogP contribution in [0.4, 0.5) is 15.8 Å². The van der Waals surface area contributed by atoms with Crippen molar-refractivity contribution in [2.24, 2.45) is 0 Å². The molecule has 0 saturated carbocycles. The SMILES string of the molecule is Nc1ccc2oc(C(=O)Nc3ccc(F)c(Cl)c3)cc2c1. The van der Waals surface area contributed by atoms with E-state index in [1.165, 1.54) is 18.2 Å². The molecule has 0 aliphatic carbocycles. The lowest BCUT2D eigenvalue weighted by Crippen LogP contribution is -2.10. The van der Waals surface area contributed by atoms with Crippen molar-refractivity contribution in [2.45, 2.75) is 0 Å². The second-order valence-corrected chi connectivity index (χ2v) is 4.90. The molecule has 1 amide bonds. The average Bonchev–Trinajstić information content (AvgIpc) is 2.86. The number of nitrogens with two attached hydrogens (primary N) is 1. The Balaban J connectivity index is 1.87. The smallest absolute Gasteiger partial charge is 0.291 e. The molecule has 6 heteroatoms. The summed E-state index contributed by atoms with van der Waals surface area (Å²) in [7, 11) is 0. The zero-order valence-electron chi connectivity index (χ0n) is 10.7. The molecule has 21 heavy (non-hydrogen) atoms. The number of hydrogen-bond acceptors (Lipinski definition) is 3. The number of rotatable bonds is 2. The van der Waals surface area contributed by atoms with Crippen LogP contribution in [0.25, 0.3) is 11.0 Å². The summed E-state index contributed by atoms with van der Waals surface area (Å²) in [5.74, 6) is -0.864. The van der Waals surface area contributed by atoms with Crippen molar-refractivity contribution in [3.8, 4) is 0 Å². The third-order valence-electron chi connectivity index (χ3n) is 2.94. The van der Waals surface area contributed by atoms with Gasteiger partial charge in [-0.1, -0.05) is 11.6 Å². The molecule has 1 aromatic heterocycles. The molecule has 1 heterocycles. The lowest BCUT2D eigenvalue weighted by Gasteiger charge is -2.03. The first-order valence-electron chi connectivity index (χ1n) is 6.08.